The Morgan fingerprint density at radius 2 is 2.12 bits per heavy atom. The van der Waals surface area contributed by atoms with Crippen LogP contribution >= 0.6 is 15.9 Å². The number of fused-ring (bicyclic) bond motifs is 1. The molecule has 0 unspecified atom stereocenters. The molecule has 128 valence electrons. The zero-order valence-electron chi connectivity index (χ0n) is 13.5. The van der Waals surface area contributed by atoms with Gasteiger partial charge in [0.05, 0.1) is 0 Å². The Hall–Kier alpha value is -1.70. The molecule has 0 aliphatic carbocycles. The molecule has 2 N–H and O–H groups in total. The molecule has 0 spiro atoms. The molecule has 0 radical (unpaired) electrons. The summed E-state index contributed by atoms with van der Waals surface area (Å²) in [6.45, 7) is 6.94. The van der Waals surface area contributed by atoms with Crippen LogP contribution < -0.4 is 16.3 Å². The van der Waals surface area contributed by atoms with Crippen molar-refractivity contribution in [1.29, 1.82) is 0 Å². The van der Waals surface area contributed by atoms with Crippen molar-refractivity contribution in [2.45, 2.75) is 6.92 Å². The zero-order valence-corrected chi connectivity index (χ0v) is 15.1. The predicted molar refractivity (Wildman–Crippen MR) is 96.6 cm³/mol. The van der Waals surface area contributed by atoms with Crippen LogP contribution in [0.5, 0.6) is 0 Å². The van der Waals surface area contributed by atoms with Crippen molar-refractivity contribution in [2.24, 2.45) is 0 Å². The summed E-state index contributed by atoms with van der Waals surface area (Å²) in [7, 11) is 0. The number of rotatable bonds is 4. The van der Waals surface area contributed by atoms with Gasteiger partial charge in [-0.1, -0.05) is 15.9 Å². The van der Waals surface area contributed by atoms with E-state index in [1.54, 1.807) is 19.1 Å². The van der Waals surface area contributed by atoms with E-state index < -0.39 is 5.63 Å². The van der Waals surface area contributed by atoms with Crippen molar-refractivity contribution in [3.05, 3.63) is 44.2 Å². The van der Waals surface area contributed by atoms with Gasteiger partial charge in [0.2, 0.25) is 0 Å². The highest BCUT2D eigenvalue weighted by Crippen LogP contribution is 2.23. The van der Waals surface area contributed by atoms with Gasteiger partial charge in [-0.15, -0.1) is 0 Å². The molecule has 1 aliphatic heterocycles. The average molecular weight is 394 g/mol. The van der Waals surface area contributed by atoms with E-state index in [2.05, 4.69) is 31.5 Å². The summed E-state index contributed by atoms with van der Waals surface area (Å²) < 4.78 is 6.16. The monoisotopic (exact) mass is 393 g/mol. The van der Waals surface area contributed by atoms with Gasteiger partial charge in [0.1, 0.15) is 11.1 Å². The van der Waals surface area contributed by atoms with Crippen LogP contribution in [0, 0.1) is 6.92 Å². The maximum atomic E-state index is 12.4. The molecule has 1 aromatic carbocycles. The Balaban J connectivity index is 1.75. The van der Waals surface area contributed by atoms with Gasteiger partial charge in [-0.05, 0) is 30.7 Å². The Labute approximate surface area is 148 Å². The SMILES string of the molecule is Cc1c(C(=O)NCCN2CCNCC2)c(=O)oc2ccc(Br)cc12. The first-order valence-corrected chi connectivity index (χ1v) is 8.80. The summed E-state index contributed by atoms with van der Waals surface area (Å²) in [6.07, 6.45) is 0. The minimum atomic E-state index is -0.595. The fourth-order valence-electron chi connectivity index (χ4n) is 2.94. The highest BCUT2D eigenvalue weighted by atomic mass is 79.9. The summed E-state index contributed by atoms with van der Waals surface area (Å²) in [5, 5.41) is 6.88. The van der Waals surface area contributed by atoms with Gasteiger partial charge >= 0.3 is 5.63 Å². The predicted octanol–water partition coefficient (Wildman–Crippen LogP) is 1.50. The molecule has 0 saturated carbocycles. The van der Waals surface area contributed by atoms with Crippen molar-refractivity contribution in [1.82, 2.24) is 15.5 Å². The topological polar surface area (TPSA) is 74.6 Å². The second-order valence-electron chi connectivity index (χ2n) is 5.88. The van der Waals surface area contributed by atoms with Crippen molar-refractivity contribution in [3.8, 4) is 0 Å². The highest BCUT2D eigenvalue weighted by molar-refractivity contribution is 9.10. The second-order valence-corrected chi connectivity index (χ2v) is 6.79. The minimum absolute atomic E-state index is 0.0842. The van der Waals surface area contributed by atoms with E-state index in [0.29, 0.717) is 17.7 Å². The number of carbonyl (C=O) groups is 1. The Kier molecular flexibility index (Phi) is 5.33. The number of aryl methyl sites for hydroxylation is 1. The summed E-state index contributed by atoms with van der Waals surface area (Å²) in [5.74, 6) is -0.377. The second kappa shape index (κ2) is 7.46. The van der Waals surface area contributed by atoms with Gasteiger partial charge in [0.25, 0.3) is 5.91 Å². The molecular weight excluding hydrogens is 374 g/mol. The molecule has 1 saturated heterocycles. The lowest BCUT2D eigenvalue weighted by molar-refractivity contribution is 0.0943. The smallest absolute Gasteiger partial charge is 0.349 e. The van der Waals surface area contributed by atoms with Gasteiger partial charge in [0.15, 0.2) is 0 Å². The number of hydrogen-bond donors (Lipinski definition) is 2. The number of amides is 1. The molecule has 1 aliphatic rings. The normalized spacial score (nSPS) is 15.6. The fraction of sp³-hybridized carbons (Fsp3) is 0.412. The van der Waals surface area contributed by atoms with Crippen molar-refractivity contribution in [2.75, 3.05) is 39.3 Å². The molecule has 0 bridgehead atoms. The molecule has 3 rings (SSSR count). The first-order chi connectivity index (χ1) is 11.6. The molecule has 1 aromatic heterocycles. The van der Waals surface area contributed by atoms with Gasteiger partial charge in [0, 0.05) is 49.1 Å². The molecule has 2 heterocycles. The molecular formula is C17H20BrN3O3. The van der Waals surface area contributed by atoms with E-state index in [9.17, 15) is 9.59 Å². The largest absolute Gasteiger partial charge is 0.422 e. The van der Waals surface area contributed by atoms with Crippen LogP contribution in [-0.2, 0) is 0 Å². The lowest BCUT2D eigenvalue weighted by Crippen LogP contribution is -2.46. The third kappa shape index (κ3) is 3.68. The first kappa shape index (κ1) is 17.1. The highest BCUT2D eigenvalue weighted by Gasteiger charge is 2.19. The van der Waals surface area contributed by atoms with Crippen LogP contribution in [0.2, 0.25) is 0 Å². The lowest BCUT2D eigenvalue weighted by atomic mass is 10.1. The summed E-state index contributed by atoms with van der Waals surface area (Å²) in [6, 6.07) is 5.38. The molecule has 24 heavy (non-hydrogen) atoms. The van der Waals surface area contributed by atoms with E-state index in [1.807, 2.05) is 6.07 Å². The number of hydrogen-bond acceptors (Lipinski definition) is 5. The van der Waals surface area contributed by atoms with Crippen LogP contribution in [0.25, 0.3) is 11.0 Å². The molecule has 7 heteroatoms. The van der Waals surface area contributed by atoms with Crippen LogP contribution in [0.15, 0.2) is 31.9 Å². The van der Waals surface area contributed by atoms with Crippen molar-refractivity contribution >= 4 is 32.8 Å². The summed E-state index contributed by atoms with van der Waals surface area (Å²) in [5.41, 5.74) is 0.614. The van der Waals surface area contributed by atoms with Crippen molar-refractivity contribution in [3.63, 3.8) is 0 Å². The Morgan fingerprint density at radius 1 is 1.38 bits per heavy atom. The Morgan fingerprint density at radius 3 is 2.88 bits per heavy atom. The number of carbonyl (C=O) groups excluding carboxylic acids is 1. The number of piperazine rings is 1. The summed E-state index contributed by atoms with van der Waals surface area (Å²) in [4.78, 5) is 26.9. The molecule has 1 fully saturated rings. The fourth-order valence-corrected chi connectivity index (χ4v) is 3.30. The third-order valence-electron chi connectivity index (χ3n) is 4.28. The average Bonchev–Trinajstić information content (AvgIpc) is 2.57. The van der Waals surface area contributed by atoms with E-state index in [4.69, 9.17) is 4.42 Å². The van der Waals surface area contributed by atoms with Gasteiger partial charge in [-0.25, -0.2) is 4.79 Å². The van der Waals surface area contributed by atoms with Gasteiger partial charge < -0.3 is 15.1 Å². The Bertz CT molecular complexity index is 813. The number of nitrogens with zero attached hydrogens (tertiary/aromatic N) is 1. The van der Waals surface area contributed by atoms with Crippen LogP contribution in [0.1, 0.15) is 15.9 Å². The number of nitrogens with one attached hydrogen (secondary N) is 2. The van der Waals surface area contributed by atoms with Crippen LogP contribution in [0.3, 0.4) is 0 Å². The van der Waals surface area contributed by atoms with Crippen molar-refractivity contribution < 1.29 is 9.21 Å². The van der Waals surface area contributed by atoms with E-state index >= 15 is 0 Å². The van der Waals surface area contributed by atoms with E-state index in [0.717, 1.165) is 42.6 Å². The number of halogens is 1. The molecule has 0 atom stereocenters. The molecule has 1 amide bonds. The first-order valence-electron chi connectivity index (χ1n) is 8.00. The van der Waals surface area contributed by atoms with E-state index in [-0.39, 0.29) is 11.5 Å². The molecule has 2 aromatic rings. The maximum absolute atomic E-state index is 12.4. The summed E-state index contributed by atoms with van der Waals surface area (Å²) >= 11 is 3.40. The van der Waals surface area contributed by atoms with Crippen LogP contribution in [-0.4, -0.2) is 50.1 Å². The van der Waals surface area contributed by atoms with Gasteiger partial charge in [-0.2, -0.15) is 0 Å². The minimum Gasteiger partial charge on any atom is -0.422 e. The molecule has 6 nitrogen and oxygen atoms in total. The zero-order chi connectivity index (χ0) is 17.1. The standard InChI is InChI=1S/C17H20BrN3O3/c1-11-13-10-12(18)2-3-14(13)24-17(23)15(11)16(22)20-6-9-21-7-4-19-5-8-21/h2-3,10,19H,4-9H2,1H3,(H,20,22). The third-order valence-corrected chi connectivity index (χ3v) is 4.77. The maximum Gasteiger partial charge on any atom is 0.349 e. The van der Waals surface area contributed by atoms with Crippen LogP contribution in [0.4, 0.5) is 0 Å². The lowest BCUT2D eigenvalue weighted by Gasteiger charge is -2.27. The van der Waals surface area contributed by atoms with Gasteiger partial charge in [-0.3, -0.25) is 9.69 Å². The number of benzene rings is 1. The quantitative estimate of drug-likeness (QED) is 0.769. The van der Waals surface area contributed by atoms with E-state index in [1.165, 1.54) is 0 Å².